The van der Waals surface area contributed by atoms with Crippen molar-refractivity contribution in [2.45, 2.75) is 24.9 Å². The molecule has 15 heavy (non-hydrogen) atoms. The topological polar surface area (TPSA) is 70.6 Å². The number of ether oxygens (including phenoxy) is 1. The molecule has 1 unspecified atom stereocenters. The molecule has 1 aliphatic rings. The van der Waals surface area contributed by atoms with Gasteiger partial charge in [-0.15, -0.1) is 0 Å². The van der Waals surface area contributed by atoms with Gasteiger partial charge < -0.3 is 20.5 Å². The van der Waals surface area contributed by atoms with Crippen molar-refractivity contribution in [3.8, 4) is 0 Å². The summed E-state index contributed by atoms with van der Waals surface area (Å²) in [6, 6.07) is 0. The van der Waals surface area contributed by atoms with Gasteiger partial charge in [-0.1, -0.05) is 0 Å². The van der Waals surface area contributed by atoms with E-state index in [0.717, 1.165) is 13.0 Å². The van der Waals surface area contributed by atoms with Gasteiger partial charge in [0, 0.05) is 26.0 Å². The molecular formula is C10H20N2O3. The van der Waals surface area contributed by atoms with Crippen LogP contribution in [0.2, 0.25) is 0 Å². The molecule has 1 heterocycles. The fourth-order valence-electron chi connectivity index (χ4n) is 1.51. The second-order valence-electron chi connectivity index (χ2n) is 4.01. The lowest BCUT2D eigenvalue weighted by Gasteiger charge is -2.20. The maximum atomic E-state index is 11.3. The molecule has 0 aromatic rings. The number of hydrogen-bond acceptors (Lipinski definition) is 4. The molecule has 0 saturated carbocycles. The highest BCUT2D eigenvalue weighted by Gasteiger charge is 2.32. The van der Waals surface area contributed by atoms with E-state index in [9.17, 15) is 9.90 Å². The van der Waals surface area contributed by atoms with Gasteiger partial charge in [0.1, 0.15) is 5.60 Å². The monoisotopic (exact) mass is 216 g/mol. The average molecular weight is 216 g/mol. The predicted octanol–water partition coefficient (Wildman–Crippen LogP) is -0.746. The molecular weight excluding hydrogens is 196 g/mol. The van der Waals surface area contributed by atoms with Crippen LogP contribution in [0.5, 0.6) is 0 Å². The van der Waals surface area contributed by atoms with Gasteiger partial charge in [-0.2, -0.15) is 0 Å². The SMILES string of the molecule is CNCCCC(=O)NCC1(O)CCOC1. The summed E-state index contributed by atoms with van der Waals surface area (Å²) in [6.45, 7) is 2.03. The van der Waals surface area contributed by atoms with Gasteiger partial charge in [0.05, 0.1) is 6.61 Å². The van der Waals surface area contributed by atoms with E-state index in [4.69, 9.17) is 4.74 Å². The highest BCUT2D eigenvalue weighted by atomic mass is 16.5. The minimum atomic E-state index is -0.849. The lowest BCUT2D eigenvalue weighted by molar-refractivity contribution is -0.122. The third-order valence-electron chi connectivity index (χ3n) is 2.53. The minimum absolute atomic E-state index is 0.00873. The first-order valence-electron chi connectivity index (χ1n) is 5.38. The molecule has 88 valence electrons. The zero-order valence-electron chi connectivity index (χ0n) is 9.21. The first-order valence-corrected chi connectivity index (χ1v) is 5.38. The summed E-state index contributed by atoms with van der Waals surface area (Å²) < 4.78 is 5.08. The first kappa shape index (κ1) is 12.4. The Bertz CT molecular complexity index is 203. The Hall–Kier alpha value is -0.650. The summed E-state index contributed by atoms with van der Waals surface area (Å²) in [4.78, 5) is 11.3. The first-order chi connectivity index (χ1) is 7.16. The van der Waals surface area contributed by atoms with E-state index in [-0.39, 0.29) is 5.91 Å². The molecule has 0 radical (unpaired) electrons. The predicted molar refractivity (Wildman–Crippen MR) is 56.6 cm³/mol. The van der Waals surface area contributed by atoms with Crippen molar-refractivity contribution in [3.05, 3.63) is 0 Å². The third kappa shape index (κ3) is 4.59. The van der Waals surface area contributed by atoms with Crippen molar-refractivity contribution in [2.75, 3.05) is 33.4 Å². The second kappa shape index (κ2) is 6.05. The van der Waals surface area contributed by atoms with Gasteiger partial charge in [-0.05, 0) is 20.0 Å². The van der Waals surface area contributed by atoms with Gasteiger partial charge in [0.25, 0.3) is 0 Å². The standard InChI is InChI=1S/C10H20N2O3/c1-11-5-2-3-9(13)12-7-10(14)4-6-15-8-10/h11,14H,2-8H2,1H3,(H,12,13). The van der Waals surface area contributed by atoms with Crippen molar-refractivity contribution < 1.29 is 14.6 Å². The Morgan fingerprint density at radius 1 is 1.60 bits per heavy atom. The van der Waals surface area contributed by atoms with Crippen molar-refractivity contribution in [1.82, 2.24) is 10.6 Å². The summed E-state index contributed by atoms with van der Waals surface area (Å²) in [5.41, 5.74) is -0.849. The zero-order valence-corrected chi connectivity index (χ0v) is 9.21. The number of hydrogen-bond donors (Lipinski definition) is 3. The number of nitrogens with one attached hydrogen (secondary N) is 2. The fourth-order valence-corrected chi connectivity index (χ4v) is 1.51. The van der Waals surface area contributed by atoms with Crippen LogP contribution in [-0.2, 0) is 9.53 Å². The van der Waals surface area contributed by atoms with Crippen LogP contribution in [0.3, 0.4) is 0 Å². The van der Waals surface area contributed by atoms with E-state index >= 15 is 0 Å². The van der Waals surface area contributed by atoms with Crippen molar-refractivity contribution in [1.29, 1.82) is 0 Å². The molecule has 1 amide bonds. The summed E-state index contributed by atoms with van der Waals surface area (Å²) in [6.07, 6.45) is 1.92. The summed E-state index contributed by atoms with van der Waals surface area (Å²) in [5, 5.41) is 15.6. The van der Waals surface area contributed by atoms with Gasteiger partial charge in [-0.25, -0.2) is 0 Å². The number of rotatable bonds is 6. The molecule has 0 bridgehead atoms. The van der Waals surface area contributed by atoms with Gasteiger partial charge in [0.2, 0.25) is 5.91 Å². The maximum absolute atomic E-state index is 11.3. The molecule has 0 aromatic carbocycles. The maximum Gasteiger partial charge on any atom is 0.220 e. The van der Waals surface area contributed by atoms with E-state index in [1.54, 1.807) is 0 Å². The lowest BCUT2D eigenvalue weighted by atomic mass is 10.0. The largest absolute Gasteiger partial charge is 0.386 e. The van der Waals surface area contributed by atoms with Crippen LogP contribution < -0.4 is 10.6 Å². The Kier molecular flexibility index (Phi) is 5.01. The molecule has 1 saturated heterocycles. The van der Waals surface area contributed by atoms with E-state index in [2.05, 4.69) is 10.6 Å². The highest BCUT2D eigenvalue weighted by molar-refractivity contribution is 5.75. The smallest absolute Gasteiger partial charge is 0.220 e. The van der Waals surface area contributed by atoms with Crippen LogP contribution in [0.4, 0.5) is 0 Å². The van der Waals surface area contributed by atoms with Gasteiger partial charge >= 0.3 is 0 Å². The molecule has 0 spiro atoms. The van der Waals surface area contributed by atoms with E-state index in [1.807, 2.05) is 7.05 Å². The highest BCUT2D eigenvalue weighted by Crippen LogP contribution is 2.16. The Morgan fingerprint density at radius 2 is 2.40 bits per heavy atom. The normalized spacial score (nSPS) is 25.5. The van der Waals surface area contributed by atoms with Gasteiger partial charge in [-0.3, -0.25) is 4.79 Å². The summed E-state index contributed by atoms with van der Waals surface area (Å²) in [5.74, 6) is -0.00873. The molecule has 1 fully saturated rings. The number of carbonyl (C=O) groups excluding carboxylic acids is 1. The number of aliphatic hydroxyl groups is 1. The molecule has 1 atom stereocenters. The molecule has 1 aliphatic heterocycles. The number of carbonyl (C=O) groups is 1. The minimum Gasteiger partial charge on any atom is -0.386 e. The molecule has 5 nitrogen and oxygen atoms in total. The fraction of sp³-hybridized carbons (Fsp3) is 0.900. The average Bonchev–Trinajstić information content (AvgIpc) is 2.64. The van der Waals surface area contributed by atoms with Crippen LogP contribution in [-0.4, -0.2) is 50.0 Å². The van der Waals surface area contributed by atoms with E-state index < -0.39 is 5.60 Å². The molecule has 1 rings (SSSR count). The van der Waals surface area contributed by atoms with Crippen molar-refractivity contribution in [2.24, 2.45) is 0 Å². The zero-order chi connectivity index (χ0) is 11.1. The molecule has 0 aromatic heterocycles. The van der Waals surface area contributed by atoms with E-state index in [0.29, 0.717) is 32.6 Å². The van der Waals surface area contributed by atoms with E-state index in [1.165, 1.54) is 0 Å². The van der Waals surface area contributed by atoms with Gasteiger partial charge in [0.15, 0.2) is 0 Å². The third-order valence-corrected chi connectivity index (χ3v) is 2.53. The second-order valence-corrected chi connectivity index (χ2v) is 4.01. The van der Waals surface area contributed by atoms with Crippen LogP contribution >= 0.6 is 0 Å². The van der Waals surface area contributed by atoms with Crippen LogP contribution in [0.25, 0.3) is 0 Å². The molecule has 0 aliphatic carbocycles. The quantitative estimate of drug-likeness (QED) is 0.511. The molecule has 3 N–H and O–H groups in total. The Balaban J connectivity index is 2.10. The van der Waals surface area contributed by atoms with Crippen molar-refractivity contribution in [3.63, 3.8) is 0 Å². The van der Waals surface area contributed by atoms with Crippen LogP contribution in [0.1, 0.15) is 19.3 Å². The summed E-state index contributed by atoms with van der Waals surface area (Å²) >= 11 is 0. The molecule has 5 heteroatoms. The van der Waals surface area contributed by atoms with Crippen LogP contribution in [0.15, 0.2) is 0 Å². The Morgan fingerprint density at radius 3 is 3.00 bits per heavy atom. The number of amides is 1. The Labute approximate surface area is 90.2 Å². The lowest BCUT2D eigenvalue weighted by Crippen LogP contribution is -2.43. The van der Waals surface area contributed by atoms with Crippen LogP contribution in [0, 0.1) is 0 Å². The van der Waals surface area contributed by atoms with Crippen molar-refractivity contribution >= 4 is 5.91 Å². The summed E-state index contributed by atoms with van der Waals surface area (Å²) in [7, 11) is 1.86.